The summed E-state index contributed by atoms with van der Waals surface area (Å²) in [6.45, 7) is 6.25. The van der Waals surface area contributed by atoms with Gasteiger partial charge in [-0.15, -0.1) is 0 Å². The van der Waals surface area contributed by atoms with Gasteiger partial charge in [0.25, 0.3) is 0 Å². The standard InChI is InChI=1S/C16H22N2O/c1-16(2)13-6-4-5-7-14(13)18(15(16)19)12-8-10-17(3)11-9-12/h4-7,12H,8-11H2,1-3H3. The third kappa shape index (κ3) is 1.88. The molecule has 0 radical (unpaired) electrons. The average Bonchev–Trinajstić information content (AvgIpc) is 2.60. The maximum absolute atomic E-state index is 12.8. The first-order valence-corrected chi connectivity index (χ1v) is 7.13. The molecular weight excluding hydrogens is 236 g/mol. The van der Waals surface area contributed by atoms with E-state index in [4.69, 9.17) is 0 Å². The number of fused-ring (bicyclic) bond motifs is 1. The Hall–Kier alpha value is -1.35. The molecule has 19 heavy (non-hydrogen) atoms. The van der Waals surface area contributed by atoms with Gasteiger partial charge in [-0.25, -0.2) is 0 Å². The van der Waals surface area contributed by atoms with Crippen LogP contribution in [0.3, 0.4) is 0 Å². The SMILES string of the molecule is CN1CCC(N2C(=O)C(C)(C)c3ccccc32)CC1. The van der Waals surface area contributed by atoms with Crippen molar-refractivity contribution in [2.24, 2.45) is 0 Å². The van der Waals surface area contributed by atoms with E-state index in [9.17, 15) is 4.79 Å². The third-order valence-electron chi connectivity index (χ3n) is 4.64. The van der Waals surface area contributed by atoms with Crippen LogP contribution in [0.25, 0.3) is 0 Å². The summed E-state index contributed by atoms with van der Waals surface area (Å²) in [7, 11) is 2.15. The molecule has 1 aromatic rings. The summed E-state index contributed by atoms with van der Waals surface area (Å²) in [5.74, 6) is 0.267. The molecule has 0 saturated carbocycles. The van der Waals surface area contributed by atoms with Gasteiger partial charge in [0, 0.05) is 11.7 Å². The Morgan fingerprint density at radius 2 is 1.79 bits per heavy atom. The van der Waals surface area contributed by atoms with Crippen LogP contribution in [0.15, 0.2) is 24.3 Å². The summed E-state index contributed by atoms with van der Waals surface area (Å²) in [5, 5.41) is 0. The van der Waals surface area contributed by atoms with Crippen molar-refractivity contribution in [3.8, 4) is 0 Å². The van der Waals surface area contributed by atoms with Gasteiger partial charge >= 0.3 is 0 Å². The van der Waals surface area contributed by atoms with Crippen LogP contribution >= 0.6 is 0 Å². The van der Waals surface area contributed by atoms with Gasteiger partial charge in [-0.3, -0.25) is 4.79 Å². The molecule has 0 N–H and O–H groups in total. The lowest BCUT2D eigenvalue weighted by Crippen LogP contribution is -2.47. The summed E-state index contributed by atoms with van der Waals surface area (Å²) in [5.41, 5.74) is 1.94. The highest BCUT2D eigenvalue weighted by Gasteiger charge is 2.46. The summed E-state index contributed by atoms with van der Waals surface area (Å²) < 4.78 is 0. The first kappa shape index (κ1) is 12.7. The van der Waals surface area contributed by atoms with Crippen LogP contribution in [0.1, 0.15) is 32.3 Å². The second-order valence-corrected chi connectivity index (χ2v) is 6.35. The maximum atomic E-state index is 12.8. The summed E-state index contributed by atoms with van der Waals surface area (Å²) in [6.07, 6.45) is 2.15. The molecule has 2 aliphatic heterocycles. The molecule has 1 aromatic carbocycles. The summed E-state index contributed by atoms with van der Waals surface area (Å²) in [4.78, 5) is 17.2. The fourth-order valence-electron chi connectivity index (χ4n) is 3.35. The maximum Gasteiger partial charge on any atom is 0.237 e. The third-order valence-corrected chi connectivity index (χ3v) is 4.64. The van der Waals surface area contributed by atoms with Crippen molar-refractivity contribution in [2.45, 2.75) is 38.1 Å². The fourth-order valence-corrected chi connectivity index (χ4v) is 3.35. The van der Waals surface area contributed by atoms with E-state index >= 15 is 0 Å². The molecule has 102 valence electrons. The highest BCUT2D eigenvalue weighted by Crippen LogP contribution is 2.43. The molecule has 2 heterocycles. The number of para-hydroxylation sites is 1. The smallest absolute Gasteiger partial charge is 0.237 e. The predicted octanol–water partition coefficient (Wildman–Crippen LogP) is 2.41. The van der Waals surface area contributed by atoms with Gasteiger partial charge in [-0.05, 0) is 58.5 Å². The molecule has 3 heteroatoms. The lowest BCUT2D eigenvalue weighted by molar-refractivity contribution is -0.122. The normalized spacial score (nSPS) is 23.7. The number of likely N-dealkylation sites (tertiary alicyclic amines) is 1. The van der Waals surface area contributed by atoms with Gasteiger partial charge in [0.1, 0.15) is 0 Å². The number of hydrogen-bond donors (Lipinski definition) is 0. The largest absolute Gasteiger partial charge is 0.308 e. The van der Waals surface area contributed by atoms with Crippen LogP contribution < -0.4 is 4.90 Å². The molecule has 0 atom stereocenters. The van der Waals surface area contributed by atoms with Crippen molar-refractivity contribution in [1.29, 1.82) is 0 Å². The molecule has 0 aromatic heterocycles. The highest BCUT2D eigenvalue weighted by molar-refractivity contribution is 6.08. The molecule has 0 unspecified atom stereocenters. The van der Waals surface area contributed by atoms with E-state index in [1.807, 2.05) is 26.0 Å². The topological polar surface area (TPSA) is 23.6 Å². The second-order valence-electron chi connectivity index (χ2n) is 6.35. The van der Waals surface area contributed by atoms with E-state index in [0.29, 0.717) is 6.04 Å². The number of carbonyl (C=O) groups excluding carboxylic acids is 1. The Balaban J connectivity index is 1.97. The van der Waals surface area contributed by atoms with Crippen LogP contribution in [-0.2, 0) is 10.2 Å². The molecule has 3 rings (SSSR count). The zero-order valence-corrected chi connectivity index (χ0v) is 12.0. The first-order chi connectivity index (χ1) is 9.01. The summed E-state index contributed by atoms with van der Waals surface area (Å²) in [6, 6.07) is 8.64. The Bertz CT molecular complexity index is 501. The fraction of sp³-hybridized carbons (Fsp3) is 0.562. The molecule has 1 amide bonds. The Kier molecular flexibility index (Phi) is 2.90. The van der Waals surface area contributed by atoms with Crippen LogP contribution in [-0.4, -0.2) is 37.0 Å². The van der Waals surface area contributed by atoms with E-state index < -0.39 is 0 Å². The van der Waals surface area contributed by atoms with Gasteiger partial charge < -0.3 is 9.80 Å². The number of benzene rings is 1. The minimum Gasteiger partial charge on any atom is -0.308 e. The Morgan fingerprint density at radius 1 is 1.16 bits per heavy atom. The van der Waals surface area contributed by atoms with E-state index in [2.05, 4.69) is 29.0 Å². The number of nitrogens with zero attached hydrogens (tertiary/aromatic N) is 2. The van der Waals surface area contributed by atoms with Crippen molar-refractivity contribution in [2.75, 3.05) is 25.0 Å². The van der Waals surface area contributed by atoms with E-state index in [1.54, 1.807) is 0 Å². The Labute approximate surface area is 115 Å². The number of anilines is 1. The summed E-state index contributed by atoms with van der Waals surface area (Å²) >= 11 is 0. The van der Waals surface area contributed by atoms with E-state index in [1.165, 1.54) is 5.56 Å². The molecule has 0 aliphatic carbocycles. The number of amides is 1. The molecule has 1 fully saturated rings. The minimum atomic E-state index is -0.375. The van der Waals surface area contributed by atoms with Gasteiger partial charge in [0.2, 0.25) is 5.91 Å². The molecule has 0 bridgehead atoms. The highest BCUT2D eigenvalue weighted by atomic mass is 16.2. The quantitative estimate of drug-likeness (QED) is 0.772. The van der Waals surface area contributed by atoms with Crippen molar-refractivity contribution in [3.05, 3.63) is 29.8 Å². The number of hydrogen-bond acceptors (Lipinski definition) is 2. The Morgan fingerprint density at radius 3 is 2.47 bits per heavy atom. The van der Waals surface area contributed by atoms with Crippen LogP contribution in [0.4, 0.5) is 5.69 Å². The zero-order valence-electron chi connectivity index (χ0n) is 12.0. The van der Waals surface area contributed by atoms with Crippen LogP contribution in [0.2, 0.25) is 0 Å². The van der Waals surface area contributed by atoms with E-state index in [0.717, 1.165) is 31.6 Å². The second kappa shape index (κ2) is 4.34. The lowest BCUT2D eigenvalue weighted by Gasteiger charge is -2.36. The first-order valence-electron chi connectivity index (χ1n) is 7.13. The average molecular weight is 258 g/mol. The number of rotatable bonds is 1. The van der Waals surface area contributed by atoms with Gasteiger partial charge in [-0.1, -0.05) is 18.2 Å². The van der Waals surface area contributed by atoms with Crippen molar-refractivity contribution < 1.29 is 4.79 Å². The van der Waals surface area contributed by atoms with Crippen LogP contribution in [0, 0.1) is 0 Å². The molecule has 3 nitrogen and oxygen atoms in total. The van der Waals surface area contributed by atoms with Crippen molar-refractivity contribution in [3.63, 3.8) is 0 Å². The monoisotopic (exact) mass is 258 g/mol. The minimum absolute atomic E-state index is 0.267. The van der Waals surface area contributed by atoms with Crippen molar-refractivity contribution in [1.82, 2.24) is 4.90 Å². The lowest BCUT2D eigenvalue weighted by atomic mass is 9.86. The van der Waals surface area contributed by atoms with Crippen LogP contribution in [0.5, 0.6) is 0 Å². The van der Waals surface area contributed by atoms with Crippen molar-refractivity contribution >= 4 is 11.6 Å². The zero-order chi connectivity index (χ0) is 13.6. The predicted molar refractivity (Wildman–Crippen MR) is 77.5 cm³/mol. The molecule has 2 aliphatic rings. The van der Waals surface area contributed by atoms with Gasteiger partial charge in [-0.2, -0.15) is 0 Å². The van der Waals surface area contributed by atoms with E-state index in [-0.39, 0.29) is 11.3 Å². The van der Waals surface area contributed by atoms with Gasteiger partial charge in [0.15, 0.2) is 0 Å². The number of carbonyl (C=O) groups is 1. The molecule has 1 saturated heterocycles. The number of piperidine rings is 1. The van der Waals surface area contributed by atoms with Gasteiger partial charge in [0.05, 0.1) is 5.41 Å². The molecular formula is C16H22N2O. The molecule has 0 spiro atoms.